The molecule has 0 saturated heterocycles. The predicted molar refractivity (Wildman–Crippen MR) is 60.7 cm³/mol. The summed E-state index contributed by atoms with van der Waals surface area (Å²) in [4.78, 5) is 11.7. The Morgan fingerprint density at radius 1 is 1.62 bits per heavy atom. The van der Waals surface area contributed by atoms with E-state index in [4.69, 9.17) is 4.42 Å². The summed E-state index contributed by atoms with van der Waals surface area (Å²) in [5.74, 6) is 1.60. The normalized spacial score (nSPS) is 17.1. The van der Waals surface area contributed by atoms with Gasteiger partial charge in [0.15, 0.2) is 0 Å². The Labute approximate surface area is 95.4 Å². The van der Waals surface area contributed by atoms with Gasteiger partial charge in [0.25, 0.3) is 0 Å². The van der Waals surface area contributed by atoms with Crippen molar-refractivity contribution >= 4 is 5.91 Å². The SMILES string of the molecule is CC(NCC1CC1)C(=O)NCc1ccco1. The average molecular weight is 222 g/mol. The van der Waals surface area contributed by atoms with Crippen LogP contribution in [0, 0.1) is 5.92 Å². The maximum atomic E-state index is 11.7. The van der Waals surface area contributed by atoms with E-state index in [0.29, 0.717) is 6.54 Å². The molecule has 2 rings (SSSR count). The number of hydrogen-bond donors (Lipinski definition) is 2. The molecule has 0 aromatic carbocycles. The van der Waals surface area contributed by atoms with E-state index in [2.05, 4.69) is 10.6 Å². The van der Waals surface area contributed by atoms with Gasteiger partial charge in [0.2, 0.25) is 5.91 Å². The monoisotopic (exact) mass is 222 g/mol. The number of rotatable bonds is 6. The van der Waals surface area contributed by atoms with Crippen LogP contribution in [0.15, 0.2) is 22.8 Å². The zero-order valence-corrected chi connectivity index (χ0v) is 9.53. The summed E-state index contributed by atoms with van der Waals surface area (Å²) in [6.07, 6.45) is 4.21. The molecule has 0 bridgehead atoms. The number of nitrogens with one attached hydrogen (secondary N) is 2. The van der Waals surface area contributed by atoms with Gasteiger partial charge in [-0.2, -0.15) is 0 Å². The predicted octanol–water partition coefficient (Wildman–Crippen LogP) is 1.28. The lowest BCUT2D eigenvalue weighted by Gasteiger charge is -2.12. The quantitative estimate of drug-likeness (QED) is 0.762. The Hall–Kier alpha value is -1.29. The number of carbonyl (C=O) groups excluding carboxylic acids is 1. The van der Waals surface area contributed by atoms with Crippen LogP contribution in [0.4, 0.5) is 0 Å². The van der Waals surface area contributed by atoms with Gasteiger partial charge in [0, 0.05) is 0 Å². The van der Waals surface area contributed by atoms with E-state index in [1.165, 1.54) is 12.8 Å². The lowest BCUT2D eigenvalue weighted by atomic mass is 10.3. The molecule has 0 aliphatic heterocycles. The van der Waals surface area contributed by atoms with Crippen LogP contribution in [-0.4, -0.2) is 18.5 Å². The maximum absolute atomic E-state index is 11.7. The van der Waals surface area contributed by atoms with Crippen molar-refractivity contribution in [1.82, 2.24) is 10.6 Å². The van der Waals surface area contributed by atoms with Crippen molar-refractivity contribution in [3.05, 3.63) is 24.2 Å². The Morgan fingerprint density at radius 2 is 2.44 bits per heavy atom. The van der Waals surface area contributed by atoms with E-state index in [-0.39, 0.29) is 11.9 Å². The number of amides is 1. The molecule has 1 aliphatic rings. The summed E-state index contributed by atoms with van der Waals surface area (Å²) < 4.78 is 5.14. The summed E-state index contributed by atoms with van der Waals surface area (Å²) in [6.45, 7) is 3.30. The molecular weight excluding hydrogens is 204 g/mol. The fourth-order valence-electron chi connectivity index (χ4n) is 1.50. The van der Waals surface area contributed by atoms with Crippen LogP contribution in [0.25, 0.3) is 0 Å². The van der Waals surface area contributed by atoms with Gasteiger partial charge in [0.1, 0.15) is 5.76 Å². The van der Waals surface area contributed by atoms with E-state index < -0.39 is 0 Å². The summed E-state index contributed by atoms with van der Waals surface area (Å²) in [7, 11) is 0. The van der Waals surface area contributed by atoms with Gasteiger partial charge in [-0.25, -0.2) is 0 Å². The van der Waals surface area contributed by atoms with Crippen molar-refractivity contribution in [2.75, 3.05) is 6.54 Å². The highest BCUT2D eigenvalue weighted by Gasteiger charge is 2.22. The molecule has 4 nitrogen and oxygen atoms in total. The molecule has 1 heterocycles. The van der Waals surface area contributed by atoms with Gasteiger partial charge < -0.3 is 15.1 Å². The third-order valence-electron chi connectivity index (χ3n) is 2.82. The number of furan rings is 1. The largest absolute Gasteiger partial charge is 0.467 e. The van der Waals surface area contributed by atoms with Gasteiger partial charge in [0.05, 0.1) is 18.8 Å². The molecule has 0 spiro atoms. The van der Waals surface area contributed by atoms with Gasteiger partial charge in [-0.3, -0.25) is 4.79 Å². The van der Waals surface area contributed by atoms with Crippen LogP contribution in [0.5, 0.6) is 0 Å². The van der Waals surface area contributed by atoms with Crippen LogP contribution < -0.4 is 10.6 Å². The lowest BCUT2D eigenvalue weighted by molar-refractivity contribution is -0.123. The summed E-state index contributed by atoms with van der Waals surface area (Å²) >= 11 is 0. The zero-order valence-electron chi connectivity index (χ0n) is 9.53. The lowest BCUT2D eigenvalue weighted by Crippen LogP contribution is -2.42. The summed E-state index contributed by atoms with van der Waals surface area (Å²) in [5, 5.41) is 6.07. The van der Waals surface area contributed by atoms with Crippen LogP contribution >= 0.6 is 0 Å². The third-order valence-corrected chi connectivity index (χ3v) is 2.82. The fraction of sp³-hybridized carbons (Fsp3) is 0.583. The Kier molecular flexibility index (Phi) is 3.62. The molecule has 16 heavy (non-hydrogen) atoms. The topological polar surface area (TPSA) is 54.3 Å². The molecule has 1 saturated carbocycles. The molecule has 0 radical (unpaired) electrons. The standard InChI is InChI=1S/C12H18N2O2/c1-9(13-7-10-4-5-10)12(15)14-8-11-3-2-6-16-11/h2-3,6,9-10,13H,4-5,7-8H2,1H3,(H,14,15). The van der Waals surface area contributed by atoms with Crippen LogP contribution in [0.2, 0.25) is 0 Å². The second-order valence-corrected chi connectivity index (χ2v) is 4.37. The van der Waals surface area contributed by atoms with Crippen molar-refractivity contribution < 1.29 is 9.21 Å². The van der Waals surface area contributed by atoms with Crippen LogP contribution in [0.3, 0.4) is 0 Å². The van der Waals surface area contributed by atoms with Crippen molar-refractivity contribution in [3.63, 3.8) is 0 Å². The first kappa shape index (κ1) is 11.2. The maximum Gasteiger partial charge on any atom is 0.237 e. The molecule has 1 fully saturated rings. The first-order valence-corrected chi connectivity index (χ1v) is 5.79. The van der Waals surface area contributed by atoms with E-state index >= 15 is 0 Å². The molecule has 2 N–H and O–H groups in total. The van der Waals surface area contributed by atoms with Crippen molar-refractivity contribution in [1.29, 1.82) is 0 Å². The van der Waals surface area contributed by atoms with Gasteiger partial charge >= 0.3 is 0 Å². The molecule has 1 amide bonds. The summed E-state index contributed by atoms with van der Waals surface area (Å²) in [6, 6.07) is 3.54. The van der Waals surface area contributed by atoms with E-state index in [9.17, 15) is 4.79 Å². The molecular formula is C12H18N2O2. The van der Waals surface area contributed by atoms with Crippen LogP contribution in [-0.2, 0) is 11.3 Å². The first-order valence-electron chi connectivity index (χ1n) is 5.79. The van der Waals surface area contributed by atoms with E-state index in [0.717, 1.165) is 18.2 Å². The minimum absolute atomic E-state index is 0.0250. The fourth-order valence-corrected chi connectivity index (χ4v) is 1.50. The molecule has 4 heteroatoms. The molecule has 1 aromatic heterocycles. The van der Waals surface area contributed by atoms with Crippen LogP contribution in [0.1, 0.15) is 25.5 Å². The number of carbonyl (C=O) groups is 1. The van der Waals surface area contributed by atoms with Gasteiger partial charge in [-0.05, 0) is 44.4 Å². The van der Waals surface area contributed by atoms with E-state index in [1.807, 2.05) is 19.1 Å². The average Bonchev–Trinajstić information content (AvgIpc) is 2.97. The Morgan fingerprint density at radius 3 is 3.06 bits per heavy atom. The van der Waals surface area contributed by atoms with Crippen molar-refractivity contribution in [2.45, 2.75) is 32.4 Å². The van der Waals surface area contributed by atoms with Gasteiger partial charge in [-0.1, -0.05) is 0 Å². The highest BCUT2D eigenvalue weighted by Crippen LogP contribution is 2.27. The first-order chi connectivity index (χ1) is 7.75. The second-order valence-electron chi connectivity index (χ2n) is 4.37. The second kappa shape index (κ2) is 5.16. The van der Waals surface area contributed by atoms with Crippen molar-refractivity contribution in [2.24, 2.45) is 5.92 Å². The smallest absolute Gasteiger partial charge is 0.237 e. The van der Waals surface area contributed by atoms with Crippen molar-refractivity contribution in [3.8, 4) is 0 Å². The van der Waals surface area contributed by atoms with Gasteiger partial charge in [-0.15, -0.1) is 0 Å². The molecule has 88 valence electrons. The molecule has 1 unspecified atom stereocenters. The third kappa shape index (κ3) is 3.38. The van der Waals surface area contributed by atoms with E-state index in [1.54, 1.807) is 6.26 Å². The Bertz CT molecular complexity index is 331. The molecule has 1 aromatic rings. The molecule has 1 aliphatic carbocycles. The minimum Gasteiger partial charge on any atom is -0.467 e. The zero-order chi connectivity index (χ0) is 11.4. The molecule has 1 atom stereocenters. The highest BCUT2D eigenvalue weighted by molar-refractivity contribution is 5.81. The minimum atomic E-state index is -0.129. The Balaban J connectivity index is 1.65. The highest BCUT2D eigenvalue weighted by atomic mass is 16.3. The number of hydrogen-bond acceptors (Lipinski definition) is 3. The summed E-state index contributed by atoms with van der Waals surface area (Å²) in [5.41, 5.74) is 0.